The minimum absolute atomic E-state index is 0.0438. The standard InChI is InChI=1S/C28H30N2O3S/c31-28(24-10-5-2-6-11-24)30-17-7-12-25-21-26(13-14-27(25)30)34(32,33)29-18-15-23(16-19-29)20-22-8-3-1-4-9-22/h1-6,8-11,13-14,21,23H,7,12,15-20H2. The third-order valence-electron chi connectivity index (χ3n) is 7.01. The molecular formula is C28H30N2O3S. The van der Waals surface area contributed by atoms with Crippen LogP contribution in [-0.2, 0) is 22.9 Å². The monoisotopic (exact) mass is 474 g/mol. The Balaban J connectivity index is 1.30. The van der Waals surface area contributed by atoms with Gasteiger partial charge in [-0.3, -0.25) is 4.79 Å². The number of nitrogens with zero attached hydrogens (tertiary/aromatic N) is 2. The molecule has 2 aliphatic heterocycles. The number of anilines is 1. The third kappa shape index (κ3) is 4.65. The van der Waals surface area contributed by atoms with Gasteiger partial charge in [-0.1, -0.05) is 48.5 Å². The maximum absolute atomic E-state index is 13.4. The van der Waals surface area contributed by atoms with Crippen molar-refractivity contribution < 1.29 is 13.2 Å². The van der Waals surface area contributed by atoms with Crippen molar-refractivity contribution >= 4 is 21.6 Å². The fourth-order valence-corrected chi connectivity index (χ4v) is 6.65. The Morgan fingerprint density at radius 2 is 1.53 bits per heavy atom. The van der Waals surface area contributed by atoms with Crippen LogP contribution in [0.1, 0.15) is 40.7 Å². The molecule has 3 aromatic carbocycles. The second-order valence-corrected chi connectivity index (χ2v) is 11.2. The first-order valence-electron chi connectivity index (χ1n) is 12.1. The van der Waals surface area contributed by atoms with Gasteiger partial charge in [-0.05, 0) is 79.5 Å². The molecule has 0 unspecified atom stereocenters. The van der Waals surface area contributed by atoms with Crippen LogP contribution in [0.2, 0.25) is 0 Å². The smallest absolute Gasteiger partial charge is 0.258 e. The van der Waals surface area contributed by atoms with E-state index < -0.39 is 10.0 Å². The van der Waals surface area contributed by atoms with Crippen LogP contribution in [0.25, 0.3) is 0 Å². The Hall–Kier alpha value is -2.96. The van der Waals surface area contributed by atoms with Crippen LogP contribution < -0.4 is 4.90 Å². The molecular weight excluding hydrogens is 444 g/mol. The lowest BCUT2D eigenvalue weighted by atomic mass is 9.91. The highest BCUT2D eigenvalue weighted by molar-refractivity contribution is 7.89. The number of carbonyl (C=O) groups excluding carboxylic acids is 1. The molecule has 0 radical (unpaired) electrons. The average Bonchev–Trinajstić information content (AvgIpc) is 2.89. The molecule has 0 aliphatic carbocycles. The first kappa shape index (κ1) is 22.8. The van der Waals surface area contributed by atoms with Crippen molar-refractivity contribution in [2.24, 2.45) is 5.92 Å². The van der Waals surface area contributed by atoms with E-state index in [0.717, 1.165) is 43.4 Å². The molecule has 2 heterocycles. The van der Waals surface area contributed by atoms with E-state index in [-0.39, 0.29) is 5.91 Å². The number of benzene rings is 3. The first-order chi connectivity index (χ1) is 16.5. The Bertz CT molecular complexity index is 1250. The summed E-state index contributed by atoms with van der Waals surface area (Å²) in [5.41, 5.74) is 3.70. The highest BCUT2D eigenvalue weighted by Crippen LogP contribution is 2.33. The summed E-state index contributed by atoms with van der Waals surface area (Å²) in [5, 5.41) is 0. The van der Waals surface area contributed by atoms with E-state index in [0.29, 0.717) is 36.0 Å². The summed E-state index contributed by atoms with van der Waals surface area (Å²) in [4.78, 5) is 15.2. The van der Waals surface area contributed by atoms with Crippen LogP contribution in [0.4, 0.5) is 5.69 Å². The molecule has 5 nitrogen and oxygen atoms in total. The molecule has 5 rings (SSSR count). The van der Waals surface area contributed by atoms with Crippen LogP contribution in [0, 0.1) is 5.92 Å². The highest BCUT2D eigenvalue weighted by atomic mass is 32.2. The number of carbonyl (C=O) groups is 1. The van der Waals surface area contributed by atoms with E-state index in [1.165, 1.54) is 5.56 Å². The molecule has 0 saturated carbocycles. The lowest BCUT2D eigenvalue weighted by Crippen LogP contribution is -2.39. The van der Waals surface area contributed by atoms with Crippen molar-refractivity contribution in [3.8, 4) is 0 Å². The molecule has 0 bridgehead atoms. The van der Waals surface area contributed by atoms with E-state index in [9.17, 15) is 13.2 Å². The second-order valence-electron chi connectivity index (χ2n) is 9.25. The van der Waals surface area contributed by atoms with Gasteiger partial charge in [-0.15, -0.1) is 0 Å². The first-order valence-corrected chi connectivity index (χ1v) is 13.5. The molecule has 0 N–H and O–H groups in total. The molecule has 176 valence electrons. The van der Waals surface area contributed by atoms with E-state index >= 15 is 0 Å². The van der Waals surface area contributed by atoms with Gasteiger partial charge in [0.05, 0.1) is 4.90 Å². The van der Waals surface area contributed by atoms with E-state index in [2.05, 4.69) is 24.3 Å². The van der Waals surface area contributed by atoms with Gasteiger partial charge in [0, 0.05) is 30.9 Å². The molecule has 34 heavy (non-hydrogen) atoms. The van der Waals surface area contributed by atoms with Crippen molar-refractivity contribution in [2.75, 3.05) is 24.5 Å². The van der Waals surface area contributed by atoms with E-state index in [1.807, 2.05) is 42.5 Å². The zero-order valence-electron chi connectivity index (χ0n) is 19.3. The Kier molecular flexibility index (Phi) is 6.53. The molecule has 1 amide bonds. The van der Waals surface area contributed by atoms with Crippen LogP contribution in [0.3, 0.4) is 0 Å². The maximum atomic E-state index is 13.4. The fourth-order valence-electron chi connectivity index (χ4n) is 5.13. The van der Waals surface area contributed by atoms with Crippen LogP contribution in [0.5, 0.6) is 0 Å². The topological polar surface area (TPSA) is 57.7 Å². The molecule has 0 spiro atoms. The zero-order valence-corrected chi connectivity index (χ0v) is 20.1. The minimum atomic E-state index is -3.55. The molecule has 3 aromatic rings. The molecule has 0 aromatic heterocycles. The number of piperidine rings is 1. The fraction of sp³-hybridized carbons (Fsp3) is 0.321. The molecule has 0 atom stereocenters. The number of hydrogen-bond acceptors (Lipinski definition) is 3. The maximum Gasteiger partial charge on any atom is 0.258 e. The Labute approximate surface area is 202 Å². The van der Waals surface area contributed by atoms with Gasteiger partial charge in [-0.25, -0.2) is 8.42 Å². The summed E-state index contributed by atoms with van der Waals surface area (Å²) < 4.78 is 28.5. The summed E-state index contributed by atoms with van der Waals surface area (Å²) in [6.07, 6.45) is 4.34. The Morgan fingerprint density at radius 1 is 0.853 bits per heavy atom. The van der Waals surface area contributed by atoms with E-state index in [4.69, 9.17) is 0 Å². The van der Waals surface area contributed by atoms with Gasteiger partial charge in [-0.2, -0.15) is 4.31 Å². The number of amides is 1. The largest absolute Gasteiger partial charge is 0.308 e. The number of rotatable bonds is 5. The predicted molar refractivity (Wildman–Crippen MR) is 135 cm³/mol. The Morgan fingerprint density at radius 3 is 2.24 bits per heavy atom. The van der Waals surface area contributed by atoms with Gasteiger partial charge < -0.3 is 4.90 Å². The lowest BCUT2D eigenvalue weighted by molar-refractivity contribution is 0.0985. The normalized spacial score (nSPS) is 17.4. The summed E-state index contributed by atoms with van der Waals surface area (Å²) in [7, 11) is -3.55. The van der Waals surface area contributed by atoms with Crippen LogP contribution >= 0.6 is 0 Å². The minimum Gasteiger partial charge on any atom is -0.308 e. The quantitative estimate of drug-likeness (QED) is 0.527. The summed E-state index contributed by atoms with van der Waals surface area (Å²) >= 11 is 0. The molecule has 1 saturated heterocycles. The molecule has 2 aliphatic rings. The number of sulfonamides is 1. The average molecular weight is 475 g/mol. The second kappa shape index (κ2) is 9.72. The SMILES string of the molecule is O=C(c1ccccc1)N1CCCc2cc(S(=O)(=O)N3CCC(Cc4ccccc4)CC3)ccc21. The van der Waals surface area contributed by atoms with Crippen molar-refractivity contribution in [1.82, 2.24) is 4.31 Å². The van der Waals surface area contributed by atoms with Gasteiger partial charge in [0.1, 0.15) is 0 Å². The van der Waals surface area contributed by atoms with Crippen LogP contribution in [-0.4, -0.2) is 38.3 Å². The van der Waals surface area contributed by atoms with Gasteiger partial charge in [0.25, 0.3) is 5.91 Å². The van der Waals surface area contributed by atoms with Crippen molar-refractivity contribution in [2.45, 2.75) is 37.0 Å². The molecule has 6 heteroatoms. The zero-order chi connectivity index (χ0) is 23.5. The van der Waals surface area contributed by atoms with Gasteiger partial charge in [0.15, 0.2) is 0 Å². The number of fused-ring (bicyclic) bond motifs is 1. The van der Waals surface area contributed by atoms with Crippen molar-refractivity contribution in [3.05, 3.63) is 95.6 Å². The van der Waals surface area contributed by atoms with Crippen molar-refractivity contribution in [3.63, 3.8) is 0 Å². The summed E-state index contributed by atoms with van der Waals surface area (Å²) in [6, 6.07) is 24.9. The highest BCUT2D eigenvalue weighted by Gasteiger charge is 2.31. The van der Waals surface area contributed by atoms with Crippen molar-refractivity contribution in [1.29, 1.82) is 0 Å². The molecule has 1 fully saturated rings. The predicted octanol–water partition coefficient (Wildman–Crippen LogP) is 4.92. The number of aryl methyl sites for hydroxylation is 1. The van der Waals surface area contributed by atoms with E-state index in [1.54, 1.807) is 21.3 Å². The van der Waals surface area contributed by atoms with Gasteiger partial charge in [0.2, 0.25) is 10.0 Å². The summed E-state index contributed by atoms with van der Waals surface area (Å²) in [6.45, 7) is 1.74. The summed E-state index contributed by atoms with van der Waals surface area (Å²) in [5.74, 6) is 0.465. The third-order valence-corrected chi connectivity index (χ3v) is 8.91. The lowest BCUT2D eigenvalue weighted by Gasteiger charge is -2.32. The number of hydrogen-bond donors (Lipinski definition) is 0. The van der Waals surface area contributed by atoms with Gasteiger partial charge >= 0.3 is 0 Å². The van der Waals surface area contributed by atoms with Crippen LogP contribution in [0.15, 0.2) is 83.8 Å².